The Morgan fingerprint density at radius 2 is 1.85 bits per heavy atom. The SMILES string of the molecule is [Ac].[Ac].[C-]#[N+]c1cccc(C(O)O)c1. The van der Waals surface area contributed by atoms with Gasteiger partial charge in [0.1, 0.15) is 0 Å². The summed E-state index contributed by atoms with van der Waals surface area (Å²) in [6, 6.07) is 6.22. The second-order valence-electron chi connectivity index (χ2n) is 2.08. The van der Waals surface area contributed by atoms with Gasteiger partial charge in [-0.1, -0.05) is 18.2 Å². The zero-order valence-corrected chi connectivity index (χ0v) is 16.4. The van der Waals surface area contributed by atoms with Crippen molar-refractivity contribution >= 4 is 5.69 Å². The minimum absolute atomic E-state index is 0. The predicted octanol–water partition coefficient (Wildman–Crippen LogP) is 1.22. The van der Waals surface area contributed by atoms with E-state index in [0.29, 0.717) is 11.3 Å². The van der Waals surface area contributed by atoms with Gasteiger partial charge in [0, 0.05) is 88.1 Å². The molecule has 5 heteroatoms. The maximum absolute atomic E-state index is 8.70. The summed E-state index contributed by atoms with van der Waals surface area (Å²) < 4.78 is 0. The van der Waals surface area contributed by atoms with E-state index in [2.05, 4.69) is 4.85 Å². The minimum Gasteiger partial charge on any atom is -0.364 e. The van der Waals surface area contributed by atoms with Gasteiger partial charge in [0.15, 0.2) is 12.0 Å². The molecule has 0 spiro atoms. The summed E-state index contributed by atoms with van der Waals surface area (Å²) in [5.74, 6) is 0. The van der Waals surface area contributed by atoms with E-state index < -0.39 is 6.29 Å². The van der Waals surface area contributed by atoms with Crippen molar-refractivity contribution in [2.75, 3.05) is 0 Å². The smallest absolute Gasteiger partial charge is 0.187 e. The number of nitrogens with zero attached hydrogens (tertiary/aromatic N) is 1. The van der Waals surface area contributed by atoms with Crippen LogP contribution in [0.2, 0.25) is 0 Å². The third-order valence-electron chi connectivity index (χ3n) is 1.30. The van der Waals surface area contributed by atoms with Gasteiger partial charge >= 0.3 is 0 Å². The Kier molecular flexibility index (Phi) is 11.4. The molecule has 0 atom stereocenters. The van der Waals surface area contributed by atoms with Gasteiger partial charge in [-0.25, -0.2) is 4.85 Å². The Labute approximate surface area is 148 Å². The molecule has 62 valence electrons. The zero-order chi connectivity index (χ0) is 8.27. The number of hydrogen-bond acceptors (Lipinski definition) is 2. The van der Waals surface area contributed by atoms with Crippen LogP contribution in [-0.4, -0.2) is 10.2 Å². The van der Waals surface area contributed by atoms with Crippen LogP contribution < -0.4 is 0 Å². The molecule has 0 aliphatic heterocycles. The van der Waals surface area contributed by atoms with Crippen LogP contribution in [0.1, 0.15) is 11.9 Å². The van der Waals surface area contributed by atoms with Gasteiger partial charge in [0.05, 0.1) is 6.57 Å². The number of aliphatic hydroxyl groups excluding tert-OH is 1. The minimum atomic E-state index is -1.49. The van der Waals surface area contributed by atoms with E-state index in [4.69, 9.17) is 16.8 Å². The first-order chi connectivity index (χ1) is 5.24. The fraction of sp³-hybridized carbons (Fsp3) is 0.125. The molecule has 0 aliphatic carbocycles. The number of rotatable bonds is 1. The van der Waals surface area contributed by atoms with Gasteiger partial charge in [-0.05, 0) is 11.6 Å². The van der Waals surface area contributed by atoms with Crippen molar-refractivity contribution in [3.8, 4) is 0 Å². The van der Waals surface area contributed by atoms with Gasteiger partial charge in [0.25, 0.3) is 0 Å². The van der Waals surface area contributed by atoms with Crippen LogP contribution in [0, 0.1) is 94.7 Å². The molecule has 1 aromatic rings. The molecule has 1 rings (SSSR count). The number of benzene rings is 1. The number of aliphatic hydroxyl groups is 2. The Hall–Kier alpha value is 1.51. The molecule has 1 aromatic carbocycles. The van der Waals surface area contributed by atoms with Crippen LogP contribution in [0.15, 0.2) is 24.3 Å². The molecule has 0 saturated heterocycles. The van der Waals surface area contributed by atoms with Crippen molar-refractivity contribution in [2.45, 2.75) is 6.29 Å². The standard InChI is InChI=1S/C8H7NO2.2Ac/c1-9-7-4-2-3-6(5-7)8(10)11;;/h2-5,8,10-11H;;. The summed E-state index contributed by atoms with van der Waals surface area (Å²) in [7, 11) is 0. The van der Waals surface area contributed by atoms with Gasteiger partial charge in [0.2, 0.25) is 0 Å². The van der Waals surface area contributed by atoms with Crippen molar-refractivity contribution in [2.24, 2.45) is 0 Å². The first-order valence-corrected chi connectivity index (χ1v) is 3.07. The van der Waals surface area contributed by atoms with Gasteiger partial charge in [-0.3, -0.25) is 0 Å². The van der Waals surface area contributed by atoms with Crippen molar-refractivity contribution in [1.82, 2.24) is 0 Å². The van der Waals surface area contributed by atoms with E-state index in [0.717, 1.165) is 0 Å². The van der Waals surface area contributed by atoms with E-state index in [-0.39, 0.29) is 88.1 Å². The average Bonchev–Trinajstić information content (AvgIpc) is 2.05. The molecule has 0 bridgehead atoms. The second kappa shape index (κ2) is 8.79. The monoisotopic (exact) mass is 603 g/mol. The molecule has 0 unspecified atom stereocenters. The summed E-state index contributed by atoms with van der Waals surface area (Å²) >= 11 is 0. The molecule has 0 amide bonds. The van der Waals surface area contributed by atoms with Crippen molar-refractivity contribution in [1.29, 1.82) is 0 Å². The van der Waals surface area contributed by atoms with E-state index in [1.165, 1.54) is 6.07 Å². The van der Waals surface area contributed by atoms with Gasteiger partial charge in [-0.2, -0.15) is 0 Å². The molecule has 3 nitrogen and oxygen atoms in total. The topological polar surface area (TPSA) is 44.8 Å². The molecular formula is C8H7Ac2NO2. The molecule has 13 heavy (non-hydrogen) atoms. The Bertz CT molecular complexity index is 296. The predicted molar refractivity (Wildman–Crippen MR) is 39.9 cm³/mol. The maximum atomic E-state index is 8.70. The first kappa shape index (κ1) is 16.9. The van der Waals surface area contributed by atoms with E-state index in [1.807, 2.05) is 0 Å². The summed E-state index contributed by atoms with van der Waals surface area (Å²) in [5.41, 5.74) is 0.758. The third kappa shape index (κ3) is 5.84. The number of hydrogen-bond donors (Lipinski definition) is 2. The largest absolute Gasteiger partial charge is 0.364 e. The van der Waals surface area contributed by atoms with Crippen LogP contribution in [0.3, 0.4) is 0 Å². The molecular weight excluding hydrogens is 596 g/mol. The maximum Gasteiger partial charge on any atom is 0.187 e. The van der Waals surface area contributed by atoms with Crippen LogP contribution in [0.4, 0.5) is 5.69 Å². The fourth-order valence-electron chi connectivity index (χ4n) is 0.755. The van der Waals surface area contributed by atoms with E-state index in [1.54, 1.807) is 18.2 Å². The molecule has 0 aromatic heterocycles. The van der Waals surface area contributed by atoms with E-state index in [9.17, 15) is 0 Å². The van der Waals surface area contributed by atoms with Gasteiger partial charge < -0.3 is 10.2 Å². The molecule has 0 heterocycles. The molecule has 2 radical (unpaired) electrons. The van der Waals surface area contributed by atoms with E-state index >= 15 is 0 Å². The Morgan fingerprint density at radius 1 is 1.23 bits per heavy atom. The fourth-order valence-corrected chi connectivity index (χ4v) is 0.755. The van der Waals surface area contributed by atoms with Crippen LogP contribution in [-0.2, 0) is 0 Å². The van der Waals surface area contributed by atoms with Crippen LogP contribution in [0.5, 0.6) is 0 Å². The summed E-state index contributed by atoms with van der Waals surface area (Å²) in [4.78, 5) is 3.14. The Morgan fingerprint density at radius 3 is 2.31 bits per heavy atom. The second-order valence-corrected chi connectivity index (χ2v) is 2.08. The molecule has 2 N–H and O–H groups in total. The molecule has 0 fully saturated rings. The quantitative estimate of drug-likeness (QED) is 0.375. The van der Waals surface area contributed by atoms with Crippen molar-refractivity contribution in [3.63, 3.8) is 0 Å². The van der Waals surface area contributed by atoms with Crippen molar-refractivity contribution < 1.29 is 98.3 Å². The summed E-state index contributed by atoms with van der Waals surface area (Å²) in [6.45, 7) is 6.64. The Balaban J connectivity index is 0. The summed E-state index contributed by atoms with van der Waals surface area (Å²) in [6.07, 6.45) is -1.49. The molecule has 0 saturated carbocycles. The van der Waals surface area contributed by atoms with Crippen LogP contribution in [0.25, 0.3) is 4.85 Å². The first-order valence-electron chi connectivity index (χ1n) is 3.07. The molecule has 0 aliphatic rings. The third-order valence-corrected chi connectivity index (χ3v) is 1.30. The zero-order valence-electron chi connectivity index (χ0n) is 6.88. The van der Waals surface area contributed by atoms with Gasteiger partial charge in [-0.15, -0.1) is 0 Å². The normalized spacial score (nSPS) is 8.15. The summed E-state index contributed by atoms with van der Waals surface area (Å²) in [5, 5.41) is 17.4. The van der Waals surface area contributed by atoms with Crippen molar-refractivity contribution in [3.05, 3.63) is 41.2 Å². The average molecular weight is 603 g/mol. The van der Waals surface area contributed by atoms with Crippen LogP contribution >= 0.6 is 0 Å².